The van der Waals surface area contributed by atoms with Crippen LogP contribution in [0.3, 0.4) is 0 Å². The van der Waals surface area contributed by atoms with Gasteiger partial charge in [-0.15, -0.1) is 0 Å². The summed E-state index contributed by atoms with van der Waals surface area (Å²) in [5, 5.41) is 0. The van der Waals surface area contributed by atoms with Crippen LogP contribution >= 0.6 is 0 Å². The number of aromatic nitrogens is 1. The van der Waals surface area contributed by atoms with Crippen molar-refractivity contribution in [1.29, 1.82) is 0 Å². The van der Waals surface area contributed by atoms with Gasteiger partial charge in [0.1, 0.15) is 0 Å². The molecule has 0 spiro atoms. The molecule has 0 amide bonds. The van der Waals surface area contributed by atoms with E-state index in [4.69, 9.17) is 0 Å². The van der Waals surface area contributed by atoms with Crippen LogP contribution in [-0.4, -0.2) is 17.3 Å². The quantitative estimate of drug-likeness (QED) is 0.707. The van der Waals surface area contributed by atoms with Gasteiger partial charge in [0, 0.05) is 31.2 Å². The normalized spacial score (nSPS) is 15.3. The van der Waals surface area contributed by atoms with Gasteiger partial charge in [0.05, 0.1) is 4.90 Å². The first-order valence-corrected chi connectivity index (χ1v) is 9.89. The lowest BCUT2D eigenvalue weighted by Gasteiger charge is -2.15. The second kappa shape index (κ2) is 7.25. The molecule has 2 heterocycles. The van der Waals surface area contributed by atoms with Crippen LogP contribution in [0, 0.1) is 0 Å². The summed E-state index contributed by atoms with van der Waals surface area (Å²) in [4.78, 5) is 0.434. The van der Waals surface area contributed by atoms with Gasteiger partial charge in [-0.05, 0) is 41.5 Å². The minimum Gasteiger partial charge on any atom is -0.324 e. The molecule has 4 rings (SSSR count). The number of rotatable bonds is 3. The molecule has 3 aromatic rings. The summed E-state index contributed by atoms with van der Waals surface area (Å²) < 4.78 is 28.7. The molecule has 0 atom stereocenters. The lowest BCUT2D eigenvalue weighted by atomic mass is 10.2. The van der Waals surface area contributed by atoms with Crippen molar-refractivity contribution >= 4 is 10.0 Å². The fourth-order valence-corrected chi connectivity index (χ4v) is 4.55. The van der Waals surface area contributed by atoms with E-state index in [0.29, 0.717) is 18.0 Å². The zero-order chi connectivity index (χ0) is 17.9. The topological polar surface area (TPSA) is 42.3 Å². The first-order valence-electron chi connectivity index (χ1n) is 8.45. The molecule has 25 heavy (non-hydrogen) atoms. The molecule has 0 bridgehead atoms. The standard InChI is InChI=1S/C18H16N2O2S.C2H6/c21-23(22)18-6-2-1-5-16(18)14-20(23)13-15-7-9-17(10-8-15)19-11-3-4-12-19;1-2/h1-12H,13-14H2;1-2H3. The number of sulfonamides is 1. The van der Waals surface area contributed by atoms with Crippen molar-refractivity contribution in [3.05, 3.63) is 84.2 Å². The minimum absolute atomic E-state index is 0.392. The van der Waals surface area contributed by atoms with Crippen molar-refractivity contribution in [2.24, 2.45) is 0 Å². The Bertz CT molecular complexity index is 930. The number of benzene rings is 2. The summed E-state index contributed by atoms with van der Waals surface area (Å²) in [5.41, 5.74) is 2.92. The molecule has 0 fully saturated rings. The molecule has 0 radical (unpaired) electrons. The molecule has 1 aromatic heterocycles. The Balaban J connectivity index is 0.000000880. The maximum Gasteiger partial charge on any atom is 0.244 e. The lowest BCUT2D eigenvalue weighted by Crippen LogP contribution is -2.23. The summed E-state index contributed by atoms with van der Waals surface area (Å²) in [5.74, 6) is 0. The summed E-state index contributed by atoms with van der Waals surface area (Å²) in [6, 6.07) is 19.1. The third-order valence-electron chi connectivity index (χ3n) is 4.13. The van der Waals surface area contributed by atoms with E-state index in [2.05, 4.69) is 0 Å². The van der Waals surface area contributed by atoms with Gasteiger partial charge >= 0.3 is 0 Å². The first kappa shape index (κ1) is 17.5. The molecule has 0 saturated carbocycles. The van der Waals surface area contributed by atoms with Gasteiger partial charge in [-0.2, -0.15) is 4.31 Å². The monoisotopic (exact) mass is 354 g/mol. The molecule has 0 aliphatic carbocycles. The van der Waals surface area contributed by atoms with Crippen LogP contribution in [0.4, 0.5) is 0 Å². The molecule has 130 valence electrons. The third-order valence-corrected chi connectivity index (χ3v) is 6.03. The average molecular weight is 354 g/mol. The Hall–Kier alpha value is -2.37. The second-order valence-electron chi connectivity index (χ2n) is 5.64. The Morgan fingerprint density at radius 1 is 0.880 bits per heavy atom. The van der Waals surface area contributed by atoms with Crippen LogP contribution in [-0.2, 0) is 23.1 Å². The third kappa shape index (κ3) is 3.38. The maximum atomic E-state index is 12.6. The van der Waals surface area contributed by atoms with Gasteiger partial charge in [-0.25, -0.2) is 8.42 Å². The fourth-order valence-electron chi connectivity index (χ4n) is 2.92. The van der Waals surface area contributed by atoms with Crippen molar-refractivity contribution in [1.82, 2.24) is 8.87 Å². The van der Waals surface area contributed by atoms with E-state index in [9.17, 15) is 8.42 Å². The molecule has 1 aliphatic heterocycles. The predicted molar refractivity (Wildman–Crippen MR) is 100.0 cm³/mol. The smallest absolute Gasteiger partial charge is 0.244 e. The molecule has 1 aliphatic rings. The molecular weight excluding hydrogens is 332 g/mol. The van der Waals surface area contributed by atoms with E-state index in [1.807, 2.05) is 79.3 Å². The van der Waals surface area contributed by atoms with Gasteiger partial charge in [-0.1, -0.05) is 44.2 Å². The summed E-state index contributed by atoms with van der Waals surface area (Å²) >= 11 is 0. The van der Waals surface area contributed by atoms with E-state index in [1.54, 1.807) is 12.1 Å². The van der Waals surface area contributed by atoms with Crippen LogP contribution in [0.25, 0.3) is 5.69 Å². The highest BCUT2D eigenvalue weighted by molar-refractivity contribution is 7.89. The number of hydrogen-bond acceptors (Lipinski definition) is 2. The van der Waals surface area contributed by atoms with E-state index in [-0.39, 0.29) is 0 Å². The highest BCUT2D eigenvalue weighted by Gasteiger charge is 2.33. The van der Waals surface area contributed by atoms with Gasteiger partial charge in [0.2, 0.25) is 10.0 Å². The number of nitrogens with zero attached hydrogens (tertiary/aromatic N) is 2. The SMILES string of the molecule is CC.O=S1(=O)c2ccccc2CN1Cc1ccc(-n2cccc2)cc1. The van der Waals surface area contributed by atoms with E-state index < -0.39 is 10.0 Å². The summed E-state index contributed by atoms with van der Waals surface area (Å²) in [6.07, 6.45) is 3.97. The van der Waals surface area contributed by atoms with Crippen LogP contribution in [0.2, 0.25) is 0 Å². The molecule has 4 nitrogen and oxygen atoms in total. The van der Waals surface area contributed by atoms with E-state index >= 15 is 0 Å². The zero-order valence-electron chi connectivity index (χ0n) is 14.5. The van der Waals surface area contributed by atoms with Gasteiger partial charge in [0.15, 0.2) is 0 Å². The van der Waals surface area contributed by atoms with Crippen LogP contribution in [0.5, 0.6) is 0 Å². The Labute approximate surface area is 149 Å². The van der Waals surface area contributed by atoms with E-state index in [0.717, 1.165) is 16.8 Å². The van der Waals surface area contributed by atoms with Crippen molar-refractivity contribution in [3.63, 3.8) is 0 Å². The number of hydrogen-bond donors (Lipinski definition) is 0. The van der Waals surface area contributed by atoms with Gasteiger partial charge in [-0.3, -0.25) is 0 Å². The largest absolute Gasteiger partial charge is 0.324 e. The van der Waals surface area contributed by atoms with Crippen LogP contribution in [0.1, 0.15) is 25.0 Å². The fraction of sp³-hybridized carbons (Fsp3) is 0.200. The van der Waals surface area contributed by atoms with Crippen LogP contribution < -0.4 is 0 Å². The minimum atomic E-state index is -3.37. The lowest BCUT2D eigenvalue weighted by molar-refractivity contribution is 0.420. The first-order chi connectivity index (χ1) is 12.1. The highest BCUT2D eigenvalue weighted by Crippen LogP contribution is 2.31. The molecule has 0 saturated heterocycles. The maximum absolute atomic E-state index is 12.6. The second-order valence-corrected chi connectivity index (χ2v) is 7.54. The molecule has 2 aromatic carbocycles. The molecule has 0 unspecified atom stereocenters. The summed E-state index contributed by atoms with van der Waals surface area (Å²) in [6.45, 7) is 4.83. The van der Waals surface area contributed by atoms with Crippen molar-refractivity contribution < 1.29 is 8.42 Å². The summed E-state index contributed by atoms with van der Waals surface area (Å²) in [7, 11) is -3.37. The van der Waals surface area contributed by atoms with Crippen molar-refractivity contribution in [2.45, 2.75) is 31.8 Å². The van der Waals surface area contributed by atoms with Gasteiger partial charge < -0.3 is 4.57 Å². The molecular formula is C20H22N2O2S. The number of fused-ring (bicyclic) bond motifs is 1. The molecule has 5 heteroatoms. The zero-order valence-corrected chi connectivity index (χ0v) is 15.3. The van der Waals surface area contributed by atoms with Gasteiger partial charge in [0.25, 0.3) is 0 Å². The van der Waals surface area contributed by atoms with Crippen molar-refractivity contribution in [3.8, 4) is 5.69 Å². The molecule has 0 N–H and O–H groups in total. The van der Waals surface area contributed by atoms with E-state index in [1.165, 1.54) is 4.31 Å². The Morgan fingerprint density at radius 3 is 2.16 bits per heavy atom. The van der Waals surface area contributed by atoms with Crippen LogP contribution in [0.15, 0.2) is 78.0 Å². The Kier molecular flexibility index (Phi) is 5.06. The Morgan fingerprint density at radius 2 is 1.52 bits per heavy atom. The average Bonchev–Trinajstić information content (AvgIpc) is 3.26. The predicted octanol–water partition coefficient (Wildman–Crippen LogP) is 4.21. The van der Waals surface area contributed by atoms with Crippen molar-refractivity contribution in [2.75, 3.05) is 0 Å². The highest BCUT2D eigenvalue weighted by atomic mass is 32.2.